The smallest absolute Gasteiger partial charge is 0.00670 e. The molecule has 1 N–H and O–H groups in total. The van der Waals surface area contributed by atoms with Crippen LogP contribution < -0.4 is 5.32 Å². The molecule has 0 aromatic rings. The van der Waals surface area contributed by atoms with Crippen LogP contribution in [0.15, 0.2) is 12.2 Å². The van der Waals surface area contributed by atoms with Gasteiger partial charge in [0.15, 0.2) is 0 Å². The predicted octanol–water partition coefficient (Wildman–Crippen LogP) is 3.12. The van der Waals surface area contributed by atoms with Crippen molar-refractivity contribution < 1.29 is 0 Å². The Morgan fingerprint density at radius 3 is 2.77 bits per heavy atom. The van der Waals surface area contributed by atoms with Gasteiger partial charge < -0.3 is 5.32 Å². The molecule has 1 fully saturated rings. The van der Waals surface area contributed by atoms with E-state index >= 15 is 0 Å². The standard InChI is InChI=1S/C12H23N/c1-3-6-11(2)7-5-10-13-12-8-4-9-12/h3,6,11-13H,4-5,7-10H2,1-2H3. The average molecular weight is 181 g/mol. The summed E-state index contributed by atoms with van der Waals surface area (Å²) in [6.45, 7) is 5.61. The van der Waals surface area contributed by atoms with E-state index < -0.39 is 0 Å². The molecule has 1 heteroatoms. The minimum absolute atomic E-state index is 0.758. The summed E-state index contributed by atoms with van der Waals surface area (Å²) in [7, 11) is 0. The van der Waals surface area contributed by atoms with E-state index in [0.29, 0.717) is 0 Å². The van der Waals surface area contributed by atoms with E-state index in [9.17, 15) is 0 Å². The molecule has 0 saturated heterocycles. The van der Waals surface area contributed by atoms with Crippen molar-refractivity contribution in [1.29, 1.82) is 0 Å². The molecule has 0 aliphatic heterocycles. The minimum atomic E-state index is 0.758. The van der Waals surface area contributed by atoms with Crippen molar-refractivity contribution in [1.82, 2.24) is 5.32 Å². The van der Waals surface area contributed by atoms with E-state index in [4.69, 9.17) is 0 Å². The van der Waals surface area contributed by atoms with Crippen LogP contribution in [0, 0.1) is 5.92 Å². The first-order valence-electron chi connectivity index (χ1n) is 5.69. The lowest BCUT2D eigenvalue weighted by atomic mass is 9.93. The number of hydrogen-bond donors (Lipinski definition) is 1. The van der Waals surface area contributed by atoms with Crippen LogP contribution in [-0.2, 0) is 0 Å². The topological polar surface area (TPSA) is 12.0 Å². The lowest BCUT2D eigenvalue weighted by Gasteiger charge is -2.26. The molecule has 13 heavy (non-hydrogen) atoms. The third kappa shape index (κ3) is 4.47. The molecule has 0 radical (unpaired) electrons. The average Bonchev–Trinajstić information content (AvgIpc) is 2.01. The molecule has 1 saturated carbocycles. The fraction of sp³-hybridized carbons (Fsp3) is 0.833. The Hall–Kier alpha value is -0.300. The van der Waals surface area contributed by atoms with Gasteiger partial charge in [-0.15, -0.1) is 0 Å². The van der Waals surface area contributed by atoms with Gasteiger partial charge in [0.1, 0.15) is 0 Å². The maximum atomic E-state index is 3.59. The summed E-state index contributed by atoms with van der Waals surface area (Å²) < 4.78 is 0. The molecule has 0 spiro atoms. The number of hydrogen-bond acceptors (Lipinski definition) is 1. The Bertz CT molecular complexity index is 147. The Balaban J connectivity index is 1.87. The van der Waals surface area contributed by atoms with Gasteiger partial charge in [0, 0.05) is 6.04 Å². The molecule has 0 aromatic heterocycles. The van der Waals surface area contributed by atoms with Crippen LogP contribution in [0.2, 0.25) is 0 Å². The molecule has 1 unspecified atom stereocenters. The molecule has 1 rings (SSSR count). The fourth-order valence-corrected chi connectivity index (χ4v) is 1.77. The van der Waals surface area contributed by atoms with Gasteiger partial charge in [0.05, 0.1) is 0 Å². The van der Waals surface area contributed by atoms with Gasteiger partial charge in [-0.05, 0) is 45.1 Å². The monoisotopic (exact) mass is 181 g/mol. The second-order valence-corrected chi connectivity index (χ2v) is 4.23. The van der Waals surface area contributed by atoms with Crippen molar-refractivity contribution in [2.45, 2.75) is 52.0 Å². The SMILES string of the molecule is CC=CC(C)CCCNC1CCC1. The lowest BCUT2D eigenvalue weighted by molar-refractivity contribution is 0.335. The van der Waals surface area contributed by atoms with Gasteiger partial charge >= 0.3 is 0 Å². The first-order chi connectivity index (χ1) is 6.33. The van der Waals surface area contributed by atoms with Crippen LogP contribution in [0.3, 0.4) is 0 Å². The molecule has 1 nitrogen and oxygen atoms in total. The summed E-state index contributed by atoms with van der Waals surface area (Å²) in [6, 6.07) is 0.858. The predicted molar refractivity (Wildman–Crippen MR) is 58.9 cm³/mol. The highest BCUT2D eigenvalue weighted by Crippen LogP contribution is 2.18. The van der Waals surface area contributed by atoms with E-state index in [0.717, 1.165) is 12.0 Å². The van der Waals surface area contributed by atoms with Crippen molar-refractivity contribution in [3.63, 3.8) is 0 Å². The summed E-state index contributed by atoms with van der Waals surface area (Å²) in [5.74, 6) is 0.758. The Labute approximate surface area is 82.6 Å². The van der Waals surface area contributed by atoms with Gasteiger partial charge in [-0.2, -0.15) is 0 Å². The first kappa shape index (κ1) is 10.8. The van der Waals surface area contributed by atoms with E-state index in [1.54, 1.807) is 0 Å². The van der Waals surface area contributed by atoms with Crippen molar-refractivity contribution >= 4 is 0 Å². The van der Waals surface area contributed by atoms with Gasteiger partial charge in [-0.25, -0.2) is 0 Å². The van der Waals surface area contributed by atoms with Crippen molar-refractivity contribution in [3.8, 4) is 0 Å². The van der Waals surface area contributed by atoms with Crippen LogP contribution in [0.1, 0.15) is 46.0 Å². The third-order valence-corrected chi connectivity index (χ3v) is 2.90. The Morgan fingerprint density at radius 1 is 1.46 bits per heavy atom. The molecule has 1 atom stereocenters. The zero-order chi connectivity index (χ0) is 9.52. The van der Waals surface area contributed by atoms with E-state index in [-0.39, 0.29) is 0 Å². The summed E-state index contributed by atoms with van der Waals surface area (Å²) in [5.41, 5.74) is 0. The van der Waals surface area contributed by atoms with Crippen LogP contribution in [-0.4, -0.2) is 12.6 Å². The molecule has 0 aromatic carbocycles. The third-order valence-electron chi connectivity index (χ3n) is 2.90. The maximum absolute atomic E-state index is 3.59. The summed E-state index contributed by atoms with van der Waals surface area (Å²) >= 11 is 0. The van der Waals surface area contributed by atoms with E-state index in [1.807, 2.05) is 0 Å². The molecule has 0 heterocycles. The maximum Gasteiger partial charge on any atom is 0.00670 e. The van der Waals surface area contributed by atoms with Gasteiger partial charge in [0.25, 0.3) is 0 Å². The zero-order valence-electron chi connectivity index (χ0n) is 9.05. The molecular formula is C12H23N. The lowest BCUT2D eigenvalue weighted by Crippen LogP contribution is -2.35. The summed E-state index contributed by atoms with van der Waals surface area (Å²) in [6.07, 6.45) is 11.3. The Morgan fingerprint density at radius 2 is 2.23 bits per heavy atom. The normalized spacial score (nSPS) is 20.5. The largest absolute Gasteiger partial charge is 0.314 e. The summed E-state index contributed by atoms with van der Waals surface area (Å²) in [4.78, 5) is 0. The zero-order valence-corrected chi connectivity index (χ0v) is 9.05. The highest BCUT2D eigenvalue weighted by molar-refractivity contribution is 4.83. The van der Waals surface area contributed by atoms with Crippen LogP contribution >= 0.6 is 0 Å². The van der Waals surface area contributed by atoms with Gasteiger partial charge in [-0.3, -0.25) is 0 Å². The number of rotatable bonds is 6. The number of nitrogens with one attached hydrogen (secondary N) is 1. The molecule has 1 aliphatic carbocycles. The second kappa shape index (κ2) is 6.20. The van der Waals surface area contributed by atoms with Gasteiger partial charge in [-0.1, -0.05) is 25.5 Å². The van der Waals surface area contributed by atoms with Crippen LogP contribution in [0.25, 0.3) is 0 Å². The highest BCUT2D eigenvalue weighted by atomic mass is 14.9. The number of allylic oxidation sites excluding steroid dienone is 2. The molecule has 1 aliphatic rings. The minimum Gasteiger partial charge on any atom is -0.314 e. The molecular weight excluding hydrogens is 158 g/mol. The van der Waals surface area contributed by atoms with E-state index in [1.165, 1.54) is 38.6 Å². The quantitative estimate of drug-likeness (QED) is 0.490. The second-order valence-electron chi connectivity index (χ2n) is 4.23. The molecule has 0 amide bonds. The van der Waals surface area contributed by atoms with E-state index in [2.05, 4.69) is 31.3 Å². The highest BCUT2D eigenvalue weighted by Gasteiger charge is 2.15. The van der Waals surface area contributed by atoms with Crippen molar-refractivity contribution in [2.75, 3.05) is 6.54 Å². The first-order valence-corrected chi connectivity index (χ1v) is 5.69. The van der Waals surface area contributed by atoms with Crippen molar-refractivity contribution in [2.24, 2.45) is 5.92 Å². The Kier molecular flexibility index (Phi) is 5.14. The van der Waals surface area contributed by atoms with Crippen molar-refractivity contribution in [3.05, 3.63) is 12.2 Å². The van der Waals surface area contributed by atoms with Crippen LogP contribution in [0.5, 0.6) is 0 Å². The van der Waals surface area contributed by atoms with Gasteiger partial charge in [0.2, 0.25) is 0 Å². The van der Waals surface area contributed by atoms with Crippen LogP contribution in [0.4, 0.5) is 0 Å². The molecule has 76 valence electrons. The summed E-state index contributed by atoms with van der Waals surface area (Å²) in [5, 5.41) is 3.59. The fourth-order valence-electron chi connectivity index (χ4n) is 1.77. The molecule has 0 bridgehead atoms.